The van der Waals surface area contributed by atoms with Crippen LogP contribution < -0.4 is 10.5 Å². The van der Waals surface area contributed by atoms with Crippen LogP contribution >= 0.6 is 0 Å². The maximum Gasteiger partial charge on any atom is 0.240 e. The molecule has 1 aliphatic carbocycles. The van der Waals surface area contributed by atoms with Crippen molar-refractivity contribution < 1.29 is 12.8 Å². The molecule has 2 atom stereocenters. The Bertz CT molecular complexity index is 578. The van der Waals surface area contributed by atoms with Gasteiger partial charge in [-0.05, 0) is 62.4 Å². The summed E-state index contributed by atoms with van der Waals surface area (Å²) in [5.74, 6) is -0.169. The molecule has 0 aliphatic heterocycles. The van der Waals surface area contributed by atoms with Gasteiger partial charge in [-0.3, -0.25) is 0 Å². The second-order valence-electron chi connectivity index (χ2n) is 5.53. The molecule has 0 spiro atoms. The standard InChI is InChI=1S/C14H21FN2O2S/c1-9-6-12(7-10(2)14(9)15)20(18,19)17-13-5-3-4-11(13)8-16/h6-7,11,13,17H,3-5,8,16H2,1-2H3. The van der Waals surface area contributed by atoms with Crippen molar-refractivity contribution in [2.45, 2.75) is 44.0 Å². The van der Waals surface area contributed by atoms with E-state index in [2.05, 4.69) is 4.72 Å². The lowest BCUT2D eigenvalue weighted by atomic mass is 10.1. The molecule has 3 N–H and O–H groups in total. The second-order valence-corrected chi connectivity index (χ2v) is 7.24. The fraction of sp³-hybridized carbons (Fsp3) is 0.571. The van der Waals surface area contributed by atoms with E-state index in [0.717, 1.165) is 19.3 Å². The van der Waals surface area contributed by atoms with Gasteiger partial charge in [-0.25, -0.2) is 17.5 Å². The molecule has 20 heavy (non-hydrogen) atoms. The van der Waals surface area contributed by atoms with Crippen molar-refractivity contribution in [1.82, 2.24) is 4.72 Å². The van der Waals surface area contributed by atoms with Crippen molar-refractivity contribution in [2.75, 3.05) is 6.54 Å². The first-order chi connectivity index (χ1) is 9.35. The number of nitrogens with one attached hydrogen (secondary N) is 1. The summed E-state index contributed by atoms with van der Waals surface area (Å²) in [6, 6.07) is 2.63. The highest BCUT2D eigenvalue weighted by Gasteiger charge is 2.30. The molecule has 1 saturated carbocycles. The van der Waals surface area contributed by atoms with Crippen LogP contribution in [0.1, 0.15) is 30.4 Å². The number of hydrogen-bond donors (Lipinski definition) is 2. The largest absolute Gasteiger partial charge is 0.330 e. The summed E-state index contributed by atoms with van der Waals surface area (Å²) in [6.07, 6.45) is 2.74. The predicted molar refractivity (Wildman–Crippen MR) is 76.4 cm³/mol. The zero-order valence-corrected chi connectivity index (χ0v) is 12.6. The molecule has 0 aromatic heterocycles. The van der Waals surface area contributed by atoms with Crippen LogP contribution in [0, 0.1) is 25.6 Å². The second kappa shape index (κ2) is 5.79. The van der Waals surface area contributed by atoms with E-state index in [1.54, 1.807) is 13.8 Å². The quantitative estimate of drug-likeness (QED) is 0.891. The minimum absolute atomic E-state index is 0.115. The summed E-state index contributed by atoms with van der Waals surface area (Å²) in [5.41, 5.74) is 6.35. The minimum atomic E-state index is -3.62. The molecule has 2 rings (SSSR count). The molecule has 0 bridgehead atoms. The van der Waals surface area contributed by atoms with Crippen molar-refractivity contribution in [3.05, 3.63) is 29.1 Å². The molecule has 1 fully saturated rings. The molecule has 1 aromatic carbocycles. The Morgan fingerprint density at radius 2 is 1.90 bits per heavy atom. The number of halogens is 1. The van der Waals surface area contributed by atoms with Gasteiger partial charge < -0.3 is 5.73 Å². The van der Waals surface area contributed by atoms with E-state index in [1.165, 1.54) is 12.1 Å². The Labute approximate surface area is 119 Å². The van der Waals surface area contributed by atoms with Gasteiger partial charge in [-0.15, -0.1) is 0 Å². The summed E-state index contributed by atoms with van der Waals surface area (Å²) in [7, 11) is -3.62. The zero-order valence-electron chi connectivity index (χ0n) is 11.8. The van der Waals surface area contributed by atoms with Crippen LogP contribution in [0.4, 0.5) is 4.39 Å². The van der Waals surface area contributed by atoms with Crippen molar-refractivity contribution >= 4 is 10.0 Å². The van der Waals surface area contributed by atoms with Gasteiger partial charge in [0.15, 0.2) is 0 Å². The lowest BCUT2D eigenvalue weighted by molar-refractivity contribution is 0.452. The normalized spacial score (nSPS) is 23.2. The molecule has 112 valence electrons. The SMILES string of the molecule is Cc1cc(S(=O)(=O)NC2CCCC2CN)cc(C)c1F. The van der Waals surface area contributed by atoms with Gasteiger partial charge in [0.05, 0.1) is 4.90 Å². The topological polar surface area (TPSA) is 72.2 Å². The molecular weight excluding hydrogens is 279 g/mol. The van der Waals surface area contributed by atoms with E-state index in [-0.39, 0.29) is 22.7 Å². The lowest BCUT2D eigenvalue weighted by Crippen LogP contribution is -2.39. The van der Waals surface area contributed by atoms with Gasteiger partial charge in [0, 0.05) is 6.04 Å². The zero-order chi connectivity index (χ0) is 14.9. The Hall–Kier alpha value is -0.980. The van der Waals surface area contributed by atoms with Crippen molar-refractivity contribution in [1.29, 1.82) is 0 Å². The summed E-state index contributed by atoms with van der Waals surface area (Å²) in [4.78, 5) is 0.122. The molecular formula is C14H21FN2O2S. The highest BCUT2D eigenvalue weighted by Crippen LogP contribution is 2.27. The molecule has 0 heterocycles. The average Bonchev–Trinajstić information content (AvgIpc) is 2.81. The van der Waals surface area contributed by atoms with E-state index >= 15 is 0 Å². The third-order valence-corrected chi connectivity index (χ3v) is 5.46. The maximum absolute atomic E-state index is 13.6. The van der Waals surface area contributed by atoms with E-state index in [4.69, 9.17) is 5.73 Å². The predicted octanol–water partition coefficient (Wildman–Crippen LogP) is 1.85. The molecule has 4 nitrogen and oxygen atoms in total. The molecule has 6 heteroatoms. The van der Waals surface area contributed by atoms with Crippen molar-refractivity contribution in [2.24, 2.45) is 11.7 Å². The summed E-state index contributed by atoms with van der Waals surface area (Å²) >= 11 is 0. The molecule has 1 aliphatic rings. The first-order valence-corrected chi connectivity index (χ1v) is 8.32. The van der Waals surface area contributed by atoms with Crippen LogP contribution in [0.5, 0.6) is 0 Å². The van der Waals surface area contributed by atoms with Crippen LogP contribution in [-0.4, -0.2) is 21.0 Å². The van der Waals surface area contributed by atoms with E-state index in [0.29, 0.717) is 17.7 Å². The highest BCUT2D eigenvalue weighted by molar-refractivity contribution is 7.89. The maximum atomic E-state index is 13.6. The van der Waals surface area contributed by atoms with Crippen LogP contribution in [0.25, 0.3) is 0 Å². The van der Waals surface area contributed by atoms with Gasteiger partial charge in [0.2, 0.25) is 10.0 Å². The molecule has 0 radical (unpaired) electrons. The lowest BCUT2D eigenvalue weighted by Gasteiger charge is -2.20. The Morgan fingerprint density at radius 3 is 2.45 bits per heavy atom. The van der Waals surface area contributed by atoms with E-state index in [9.17, 15) is 12.8 Å². The highest BCUT2D eigenvalue weighted by atomic mass is 32.2. The first kappa shape index (κ1) is 15.4. The molecule has 1 aromatic rings. The number of aryl methyl sites for hydroxylation is 2. The summed E-state index contributed by atoms with van der Waals surface area (Å²) < 4.78 is 41.1. The van der Waals surface area contributed by atoms with Gasteiger partial charge in [-0.2, -0.15) is 0 Å². The van der Waals surface area contributed by atoms with Crippen LogP contribution in [0.15, 0.2) is 17.0 Å². The monoisotopic (exact) mass is 300 g/mol. The number of nitrogens with two attached hydrogens (primary N) is 1. The number of rotatable bonds is 4. The summed E-state index contributed by atoms with van der Waals surface area (Å²) in [6.45, 7) is 3.62. The minimum Gasteiger partial charge on any atom is -0.330 e. The molecule has 2 unspecified atom stereocenters. The van der Waals surface area contributed by atoms with Crippen molar-refractivity contribution in [3.63, 3.8) is 0 Å². The van der Waals surface area contributed by atoms with Crippen LogP contribution in [0.3, 0.4) is 0 Å². The van der Waals surface area contributed by atoms with E-state index in [1.807, 2.05) is 0 Å². The van der Waals surface area contributed by atoms with E-state index < -0.39 is 10.0 Å². The summed E-state index contributed by atoms with van der Waals surface area (Å²) in [5, 5.41) is 0. The average molecular weight is 300 g/mol. The fourth-order valence-corrected chi connectivity index (χ4v) is 4.31. The number of hydrogen-bond acceptors (Lipinski definition) is 3. The van der Waals surface area contributed by atoms with Gasteiger partial charge in [0.25, 0.3) is 0 Å². The van der Waals surface area contributed by atoms with Crippen molar-refractivity contribution in [3.8, 4) is 0 Å². The Kier molecular flexibility index (Phi) is 4.46. The Balaban J connectivity index is 2.27. The fourth-order valence-electron chi connectivity index (χ4n) is 2.80. The smallest absolute Gasteiger partial charge is 0.240 e. The number of sulfonamides is 1. The third-order valence-electron chi connectivity index (χ3n) is 3.99. The van der Waals surface area contributed by atoms with Gasteiger partial charge >= 0.3 is 0 Å². The molecule has 0 saturated heterocycles. The Morgan fingerprint density at radius 1 is 1.30 bits per heavy atom. The first-order valence-electron chi connectivity index (χ1n) is 6.84. The molecule has 0 amide bonds. The van der Waals surface area contributed by atoms with Gasteiger partial charge in [0.1, 0.15) is 5.82 Å². The van der Waals surface area contributed by atoms with Crippen LogP contribution in [-0.2, 0) is 10.0 Å². The third kappa shape index (κ3) is 3.02. The number of benzene rings is 1. The van der Waals surface area contributed by atoms with Crippen LogP contribution in [0.2, 0.25) is 0 Å². The van der Waals surface area contributed by atoms with Gasteiger partial charge in [-0.1, -0.05) is 6.42 Å².